The summed E-state index contributed by atoms with van der Waals surface area (Å²) < 4.78 is 26.4. The van der Waals surface area contributed by atoms with E-state index in [-0.39, 0.29) is 29.8 Å². The van der Waals surface area contributed by atoms with Gasteiger partial charge in [0.05, 0.1) is 4.90 Å². The molecule has 1 atom stereocenters. The monoisotopic (exact) mass is 332 g/mol. The van der Waals surface area contributed by atoms with Crippen LogP contribution in [0.5, 0.6) is 0 Å². The molecule has 0 heterocycles. The van der Waals surface area contributed by atoms with Gasteiger partial charge in [0.25, 0.3) is 0 Å². The molecule has 0 bridgehead atoms. The van der Waals surface area contributed by atoms with Crippen molar-refractivity contribution in [3.05, 3.63) is 29.3 Å². The van der Waals surface area contributed by atoms with E-state index in [1.165, 1.54) is 12.1 Å². The van der Waals surface area contributed by atoms with Gasteiger partial charge in [-0.05, 0) is 24.6 Å². The van der Waals surface area contributed by atoms with Crippen molar-refractivity contribution in [3.63, 3.8) is 0 Å². The molecule has 0 radical (unpaired) electrons. The van der Waals surface area contributed by atoms with E-state index in [0.717, 1.165) is 12.8 Å². The molecule has 0 saturated heterocycles. The molecular formula is C14H21ClN2O3S. The first-order valence-corrected chi connectivity index (χ1v) is 8.76. The Morgan fingerprint density at radius 1 is 1.33 bits per heavy atom. The molecule has 1 aromatic carbocycles. The van der Waals surface area contributed by atoms with Crippen LogP contribution in [0.1, 0.15) is 26.7 Å². The van der Waals surface area contributed by atoms with Gasteiger partial charge in [0, 0.05) is 24.0 Å². The molecule has 0 saturated carbocycles. The molecule has 7 heteroatoms. The van der Waals surface area contributed by atoms with Crippen molar-refractivity contribution in [3.8, 4) is 0 Å². The number of halogens is 1. The number of sulfonamides is 1. The maximum Gasteiger partial charge on any atom is 0.240 e. The zero-order chi connectivity index (χ0) is 15.9. The van der Waals surface area contributed by atoms with E-state index in [1.807, 2.05) is 13.8 Å². The van der Waals surface area contributed by atoms with Crippen LogP contribution in [0.3, 0.4) is 0 Å². The molecule has 5 nitrogen and oxygen atoms in total. The highest BCUT2D eigenvalue weighted by Crippen LogP contribution is 2.14. The zero-order valence-corrected chi connectivity index (χ0v) is 13.8. The number of rotatable bonds is 8. The molecular weight excluding hydrogens is 312 g/mol. The van der Waals surface area contributed by atoms with Gasteiger partial charge in [-0.15, -0.1) is 0 Å². The van der Waals surface area contributed by atoms with Crippen LogP contribution in [0.15, 0.2) is 29.2 Å². The molecule has 2 N–H and O–H groups in total. The first kappa shape index (κ1) is 17.9. The fourth-order valence-corrected chi connectivity index (χ4v) is 3.16. The van der Waals surface area contributed by atoms with Gasteiger partial charge in [0.1, 0.15) is 0 Å². The Bertz CT molecular complexity index is 575. The van der Waals surface area contributed by atoms with Crippen molar-refractivity contribution in [2.24, 2.45) is 5.92 Å². The normalized spacial score (nSPS) is 12.9. The second-order valence-corrected chi connectivity index (χ2v) is 7.04. The number of amides is 1. The fraction of sp³-hybridized carbons (Fsp3) is 0.500. The Morgan fingerprint density at radius 2 is 2.05 bits per heavy atom. The highest BCUT2D eigenvalue weighted by molar-refractivity contribution is 7.89. The number of hydrogen-bond acceptors (Lipinski definition) is 3. The van der Waals surface area contributed by atoms with Crippen molar-refractivity contribution in [2.75, 3.05) is 13.1 Å². The van der Waals surface area contributed by atoms with Gasteiger partial charge in [-0.1, -0.05) is 37.9 Å². The number of hydrogen-bond donors (Lipinski definition) is 2. The van der Waals surface area contributed by atoms with Gasteiger partial charge in [-0.2, -0.15) is 0 Å². The molecule has 0 aliphatic carbocycles. The molecule has 0 aromatic heterocycles. The average Bonchev–Trinajstić information content (AvgIpc) is 2.43. The molecule has 0 fully saturated rings. The van der Waals surface area contributed by atoms with E-state index < -0.39 is 10.0 Å². The Kier molecular flexibility index (Phi) is 7.14. The number of nitrogens with one attached hydrogen (secondary N) is 2. The summed E-state index contributed by atoms with van der Waals surface area (Å²) in [6.07, 6.45) is 1.76. The number of carbonyl (C=O) groups is 1. The predicted molar refractivity (Wildman–Crippen MR) is 83.7 cm³/mol. The minimum Gasteiger partial charge on any atom is -0.355 e. The van der Waals surface area contributed by atoms with Crippen LogP contribution >= 0.6 is 11.6 Å². The summed E-state index contributed by atoms with van der Waals surface area (Å²) in [6.45, 7) is 4.27. The highest BCUT2D eigenvalue weighted by atomic mass is 35.5. The lowest BCUT2D eigenvalue weighted by molar-refractivity contribution is -0.124. The van der Waals surface area contributed by atoms with Crippen LogP contribution < -0.4 is 10.0 Å². The van der Waals surface area contributed by atoms with Crippen molar-refractivity contribution in [1.29, 1.82) is 0 Å². The Morgan fingerprint density at radius 3 is 2.67 bits per heavy atom. The van der Waals surface area contributed by atoms with E-state index in [4.69, 9.17) is 11.6 Å². The highest BCUT2D eigenvalue weighted by Gasteiger charge is 2.14. The zero-order valence-electron chi connectivity index (χ0n) is 12.2. The molecule has 118 valence electrons. The first-order chi connectivity index (χ1) is 9.86. The minimum atomic E-state index is -3.60. The maximum atomic E-state index is 12.0. The molecule has 1 aromatic rings. The summed E-state index contributed by atoms with van der Waals surface area (Å²) in [5, 5.41) is 3.07. The molecule has 0 aliphatic heterocycles. The Balaban J connectivity index is 2.43. The Hall–Kier alpha value is -1.11. The molecule has 0 aliphatic rings. The van der Waals surface area contributed by atoms with Gasteiger partial charge in [-0.25, -0.2) is 13.1 Å². The van der Waals surface area contributed by atoms with Gasteiger partial charge in [0.2, 0.25) is 15.9 Å². The van der Waals surface area contributed by atoms with Crippen LogP contribution in [0.2, 0.25) is 5.02 Å². The molecule has 1 amide bonds. The minimum absolute atomic E-state index is 0.0560. The second-order valence-electron chi connectivity index (χ2n) is 4.84. The van der Waals surface area contributed by atoms with Gasteiger partial charge in [0.15, 0.2) is 0 Å². The summed E-state index contributed by atoms with van der Waals surface area (Å²) >= 11 is 5.77. The third-order valence-corrected chi connectivity index (χ3v) is 4.69. The number of carbonyl (C=O) groups excluding carboxylic acids is 1. The van der Waals surface area contributed by atoms with E-state index in [2.05, 4.69) is 10.0 Å². The third kappa shape index (κ3) is 6.03. The van der Waals surface area contributed by atoms with Crippen molar-refractivity contribution >= 4 is 27.5 Å². The SMILES string of the molecule is CCCC(C)C(=O)NCCNS(=O)(=O)c1cccc(Cl)c1. The second kappa shape index (κ2) is 8.36. The van der Waals surface area contributed by atoms with E-state index in [1.54, 1.807) is 12.1 Å². The van der Waals surface area contributed by atoms with Crippen LogP contribution in [-0.4, -0.2) is 27.4 Å². The number of benzene rings is 1. The summed E-state index contributed by atoms with van der Waals surface area (Å²) in [5.41, 5.74) is 0. The standard InChI is InChI=1S/C14H21ClN2O3S/c1-3-5-11(2)14(18)16-8-9-17-21(19,20)13-7-4-6-12(15)10-13/h4,6-7,10-11,17H,3,5,8-9H2,1-2H3,(H,16,18). The average molecular weight is 333 g/mol. The predicted octanol–water partition coefficient (Wildman–Crippen LogP) is 2.17. The van der Waals surface area contributed by atoms with Crippen molar-refractivity contribution < 1.29 is 13.2 Å². The molecule has 1 unspecified atom stereocenters. The van der Waals surface area contributed by atoms with E-state index in [9.17, 15) is 13.2 Å². The lowest BCUT2D eigenvalue weighted by Crippen LogP contribution is -2.36. The lowest BCUT2D eigenvalue weighted by atomic mass is 10.1. The van der Waals surface area contributed by atoms with E-state index in [0.29, 0.717) is 5.02 Å². The largest absolute Gasteiger partial charge is 0.355 e. The smallest absolute Gasteiger partial charge is 0.240 e. The lowest BCUT2D eigenvalue weighted by Gasteiger charge is -2.11. The van der Waals surface area contributed by atoms with E-state index >= 15 is 0 Å². The van der Waals surface area contributed by atoms with Crippen molar-refractivity contribution in [1.82, 2.24) is 10.0 Å². The summed E-state index contributed by atoms with van der Waals surface area (Å²) in [6, 6.07) is 6.03. The van der Waals surface area contributed by atoms with Crippen LogP contribution in [0.4, 0.5) is 0 Å². The molecule has 0 spiro atoms. The van der Waals surface area contributed by atoms with Crippen molar-refractivity contribution in [2.45, 2.75) is 31.6 Å². The third-order valence-electron chi connectivity index (χ3n) is 2.99. The van der Waals surface area contributed by atoms with Gasteiger partial charge in [-0.3, -0.25) is 4.79 Å². The maximum absolute atomic E-state index is 12.0. The van der Waals surface area contributed by atoms with Crippen LogP contribution in [0, 0.1) is 5.92 Å². The first-order valence-electron chi connectivity index (χ1n) is 6.89. The Labute approximate surface area is 131 Å². The fourth-order valence-electron chi connectivity index (χ4n) is 1.83. The summed E-state index contributed by atoms with van der Waals surface area (Å²) in [5.74, 6) is -0.113. The van der Waals surface area contributed by atoms with Gasteiger partial charge < -0.3 is 5.32 Å². The topological polar surface area (TPSA) is 75.3 Å². The molecule has 21 heavy (non-hydrogen) atoms. The van der Waals surface area contributed by atoms with Crippen LogP contribution in [-0.2, 0) is 14.8 Å². The molecule has 1 rings (SSSR count). The summed E-state index contributed by atoms with van der Waals surface area (Å²) in [7, 11) is -3.60. The quantitative estimate of drug-likeness (QED) is 0.716. The van der Waals surface area contributed by atoms with Gasteiger partial charge >= 0.3 is 0 Å². The van der Waals surface area contributed by atoms with Crippen LogP contribution in [0.25, 0.3) is 0 Å². The summed E-state index contributed by atoms with van der Waals surface area (Å²) in [4.78, 5) is 11.8.